The van der Waals surface area contributed by atoms with Crippen molar-refractivity contribution in [2.24, 2.45) is 0 Å². The fourth-order valence-electron chi connectivity index (χ4n) is 3.05. The molecule has 1 atom stereocenters. The van der Waals surface area contributed by atoms with Crippen molar-refractivity contribution < 1.29 is 9.84 Å². The maximum Gasteiger partial charge on any atom is 0.119 e. The maximum atomic E-state index is 10.6. The van der Waals surface area contributed by atoms with E-state index in [1.54, 1.807) is 13.3 Å². The number of pyridine rings is 1. The SMILES string of the molecule is COc1ccc2nccc([C@H](O)CN3CCCCC3)c2c1. The van der Waals surface area contributed by atoms with Crippen molar-refractivity contribution in [3.8, 4) is 5.75 Å². The number of piperidine rings is 1. The van der Waals surface area contributed by atoms with Crippen molar-refractivity contribution in [1.82, 2.24) is 9.88 Å². The van der Waals surface area contributed by atoms with Crippen LogP contribution in [-0.4, -0.2) is 41.7 Å². The van der Waals surface area contributed by atoms with Crippen LogP contribution in [0, 0.1) is 0 Å². The molecule has 112 valence electrons. The Balaban J connectivity index is 1.87. The zero-order chi connectivity index (χ0) is 14.7. The second kappa shape index (κ2) is 6.41. The largest absolute Gasteiger partial charge is 0.497 e. The Bertz CT molecular complexity index is 609. The molecular formula is C17H22N2O2. The smallest absolute Gasteiger partial charge is 0.119 e. The van der Waals surface area contributed by atoms with Crippen molar-refractivity contribution >= 4 is 10.9 Å². The Kier molecular flexibility index (Phi) is 4.36. The van der Waals surface area contributed by atoms with E-state index in [0.717, 1.165) is 35.3 Å². The van der Waals surface area contributed by atoms with Gasteiger partial charge in [0.1, 0.15) is 5.75 Å². The first-order valence-electron chi connectivity index (χ1n) is 7.61. The number of aromatic nitrogens is 1. The highest BCUT2D eigenvalue weighted by atomic mass is 16.5. The normalized spacial score (nSPS) is 17.8. The highest BCUT2D eigenvalue weighted by Gasteiger charge is 2.18. The fraction of sp³-hybridized carbons (Fsp3) is 0.471. The lowest BCUT2D eigenvalue weighted by atomic mass is 10.0. The highest BCUT2D eigenvalue weighted by Crippen LogP contribution is 2.27. The van der Waals surface area contributed by atoms with Gasteiger partial charge in [-0.2, -0.15) is 0 Å². The van der Waals surface area contributed by atoms with Crippen LogP contribution in [0.5, 0.6) is 5.75 Å². The molecule has 0 spiro atoms. The van der Waals surface area contributed by atoms with E-state index in [1.165, 1.54) is 19.3 Å². The first kappa shape index (κ1) is 14.3. The molecule has 1 saturated heterocycles. The van der Waals surface area contributed by atoms with Gasteiger partial charge in [0, 0.05) is 18.1 Å². The number of fused-ring (bicyclic) bond motifs is 1. The van der Waals surface area contributed by atoms with E-state index < -0.39 is 6.10 Å². The lowest BCUT2D eigenvalue weighted by Crippen LogP contribution is -2.33. The van der Waals surface area contributed by atoms with Gasteiger partial charge in [0.15, 0.2) is 0 Å². The van der Waals surface area contributed by atoms with Gasteiger partial charge in [-0.3, -0.25) is 4.98 Å². The van der Waals surface area contributed by atoms with Crippen LogP contribution in [0.2, 0.25) is 0 Å². The second-order valence-electron chi connectivity index (χ2n) is 5.66. The summed E-state index contributed by atoms with van der Waals surface area (Å²) in [5.41, 5.74) is 1.83. The van der Waals surface area contributed by atoms with Gasteiger partial charge in [-0.25, -0.2) is 0 Å². The molecule has 0 bridgehead atoms. The number of benzene rings is 1. The van der Waals surface area contributed by atoms with Gasteiger partial charge >= 0.3 is 0 Å². The van der Waals surface area contributed by atoms with Gasteiger partial charge in [-0.1, -0.05) is 6.42 Å². The van der Waals surface area contributed by atoms with Crippen LogP contribution in [-0.2, 0) is 0 Å². The number of likely N-dealkylation sites (tertiary alicyclic amines) is 1. The first-order valence-corrected chi connectivity index (χ1v) is 7.61. The molecule has 1 aromatic heterocycles. The molecule has 1 aliphatic heterocycles. The summed E-state index contributed by atoms with van der Waals surface area (Å²) in [7, 11) is 1.65. The van der Waals surface area contributed by atoms with E-state index >= 15 is 0 Å². The predicted octanol–water partition coefficient (Wildman–Crippen LogP) is 2.76. The van der Waals surface area contributed by atoms with Crippen molar-refractivity contribution in [1.29, 1.82) is 0 Å². The number of β-amino-alcohol motifs (C(OH)–C–C–N with tert-alkyl or cyclic N) is 1. The Labute approximate surface area is 125 Å². The second-order valence-corrected chi connectivity index (χ2v) is 5.66. The van der Waals surface area contributed by atoms with Crippen LogP contribution in [0.15, 0.2) is 30.5 Å². The lowest BCUT2D eigenvalue weighted by molar-refractivity contribution is 0.102. The number of ether oxygens (including phenoxy) is 1. The van der Waals surface area contributed by atoms with Gasteiger partial charge < -0.3 is 14.7 Å². The third-order valence-electron chi connectivity index (χ3n) is 4.22. The van der Waals surface area contributed by atoms with Gasteiger partial charge in [0.05, 0.1) is 18.7 Å². The quantitative estimate of drug-likeness (QED) is 0.938. The van der Waals surface area contributed by atoms with Crippen LogP contribution in [0.1, 0.15) is 30.9 Å². The van der Waals surface area contributed by atoms with Crippen molar-refractivity contribution in [2.75, 3.05) is 26.7 Å². The lowest BCUT2D eigenvalue weighted by Gasteiger charge is -2.28. The Morgan fingerprint density at radius 3 is 2.81 bits per heavy atom. The third kappa shape index (κ3) is 3.17. The monoisotopic (exact) mass is 286 g/mol. The van der Waals surface area contributed by atoms with Gasteiger partial charge in [-0.05, 0) is 55.8 Å². The molecule has 3 rings (SSSR count). The van der Waals surface area contributed by atoms with Gasteiger partial charge in [0.2, 0.25) is 0 Å². The maximum absolute atomic E-state index is 10.6. The van der Waals surface area contributed by atoms with Crippen molar-refractivity contribution in [3.63, 3.8) is 0 Å². The number of rotatable bonds is 4. The molecule has 4 nitrogen and oxygen atoms in total. The van der Waals surface area contributed by atoms with Crippen LogP contribution >= 0.6 is 0 Å². The minimum atomic E-state index is -0.485. The molecular weight excluding hydrogens is 264 g/mol. The van der Waals surface area contributed by atoms with E-state index in [2.05, 4.69) is 9.88 Å². The molecule has 21 heavy (non-hydrogen) atoms. The average Bonchev–Trinajstić information content (AvgIpc) is 2.54. The van der Waals surface area contributed by atoms with Gasteiger partial charge in [0.25, 0.3) is 0 Å². The van der Waals surface area contributed by atoms with Crippen molar-refractivity contribution in [3.05, 3.63) is 36.0 Å². The summed E-state index contributed by atoms with van der Waals surface area (Å²) in [6.45, 7) is 2.86. The Hall–Kier alpha value is -1.65. The summed E-state index contributed by atoms with van der Waals surface area (Å²) in [6, 6.07) is 7.70. The van der Waals surface area contributed by atoms with Crippen LogP contribution < -0.4 is 4.74 Å². The topological polar surface area (TPSA) is 45.6 Å². The molecule has 4 heteroatoms. The van der Waals surface area contributed by atoms with E-state index in [0.29, 0.717) is 6.54 Å². The molecule has 1 N–H and O–H groups in total. The van der Waals surface area contributed by atoms with Crippen molar-refractivity contribution in [2.45, 2.75) is 25.4 Å². The molecule has 1 fully saturated rings. The van der Waals surface area contributed by atoms with E-state index in [-0.39, 0.29) is 0 Å². The minimum Gasteiger partial charge on any atom is -0.497 e. The first-order chi connectivity index (χ1) is 10.3. The number of aliphatic hydroxyl groups excluding tert-OH is 1. The summed E-state index contributed by atoms with van der Waals surface area (Å²) in [6.07, 6.45) is 5.06. The Morgan fingerprint density at radius 1 is 1.24 bits per heavy atom. The number of methoxy groups -OCH3 is 1. The van der Waals surface area contributed by atoms with Crippen LogP contribution in [0.25, 0.3) is 10.9 Å². The average molecular weight is 286 g/mol. The fourth-order valence-corrected chi connectivity index (χ4v) is 3.05. The molecule has 0 amide bonds. The van der Waals surface area contributed by atoms with Crippen LogP contribution in [0.3, 0.4) is 0 Å². The predicted molar refractivity (Wildman–Crippen MR) is 83.5 cm³/mol. The zero-order valence-corrected chi connectivity index (χ0v) is 12.5. The minimum absolute atomic E-state index is 0.485. The molecule has 0 radical (unpaired) electrons. The molecule has 2 heterocycles. The molecule has 1 aromatic carbocycles. The molecule has 0 unspecified atom stereocenters. The summed E-state index contributed by atoms with van der Waals surface area (Å²) in [4.78, 5) is 6.71. The summed E-state index contributed by atoms with van der Waals surface area (Å²) in [5.74, 6) is 0.793. The van der Waals surface area contributed by atoms with Crippen LogP contribution in [0.4, 0.5) is 0 Å². The number of hydrogen-bond acceptors (Lipinski definition) is 4. The third-order valence-corrected chi connectivity index (χ3v) is 4.22. The van der Waals surface area contributed by atoms with E-state index in [9.17, 15) is 5.11 Å². The molecule has 1 aliphatic rings. The summed E-state index contributed by atoms with van der Waals surface area (Å²) >= 11 is 0. The zero-order valence-electron chi connectivity index (χ0n) is 12.5. The number of nitrogens with zero attached hydrogens (tertiary/aromatic N) is 2. The van der Waals surface area contributed by atoms with E-state index in [1.807, 2.05) is 24.3 Å². The number of aliphatic hydroxyl groups is 1. The molecule has 0 aliphatic carbocycles. The Morgan fingerprint density at radius 2 is 2.05 bits per heavy atom. The summed E-state index contributed by atoms with van der Waals surface area (Å²) < 4.78 is 5.29. The highest BCUT2D eigenvalue weighted by molar-refractivity contribution is 5.83. The standard InChI is InChI=1S/C17H22N2O2/c1-21-13-5-6-16-15(11-13)14(7-8-18-16)17(20)12-19-9-3-2-4-10-19/h5-8,11,17,20H,2-4,9-10,12H2,1H3/t17-/m1/s1. The van der Waals surface area contributed by atoms with E-state index in [4.69, 9.17) is 4.74 Å². The molecule has 2 aromatic rings. The van der Waals surface area contributed by atoms with Gasteiger partial charge in [-0.15, -0.1) is 0 Å². The summed E-state index contributed by atoms with van der Waals surface area (Å²) in [5, 5.41) is 11.6. The number of hydrogen-bond donors (Lipinski definition) is 1. The molecule has 0 saturated carbocycles.